The summed E-state index contributed by atoms with van der Waals surface area (Å²) in [5.41, 5.74) is 0.663. The summed E-state index contributed by atoms with van der Waals surface area (Å²) in [4.78, 5) is 18.6. The van der Waals surface area contributed by atoms with Crippen molar-refractivity contribution in [1.82, 2.24) is 10.1 Å². The van der Waals surface area contributed by atoms with Gasteiger partial charge in [0.15, 0.2) is 11.6 Å². The van der Waals surface area contributed by atoms with Gasteiger partial charge in [-0.1, -0.05) is 48.8 Å². The van der Waals surface area contributed by atoms with Crippen LogP contribution in [-0.2, 0) is 0 Å². The van der Waals surface area contributed by atoms with Crippen LogP contribution in [0.5, 0.6) is 0 Å². The maximum Gasteiger partial charge on any atom is 0.323 e. The Morgan fingerprint density at radius 2 is 2.05 bits per heavy atom. The maximum atomic E-state index is 12.4. The van der Waals surface area contributed by atoms with Crippen molar-refractivity contribution in [2.24, 2.45) is 0 Å². The molecule has 0 saturated carbocycles. The molecule has 1 unspecified atom stereocenters. The van der Waals surface area contributed by atoms with Crippen LogP contribution in [0.4, 0.5) is 6.01 Å². The van der Waals surface area contributed by atoms with Crippen LogP contribution in [0.1, 0.15) is 48.8 Å². The Balaban J connectivity index is 2.08. The van der Waals surface area contributed by atoms with E-state index in [0.717, 1.165) is 19.4 Å². The number of Topliss-reactive ketones (excluding diaryl/α,β-unsaturated/α-hetero) is 1. The molecule has 0 spiro atoms. The third kappa shape index (κ3) is 3.68. The average Bonchev–Trinajstić information content (AvgIpc) is 3.02. The Morgan fingerprint density at radius 3 is 2.71 bits per heavy atom. The number of carbonyl (C=O) groups is 1. The Hall–Kier alpha value is -2.17. The first kappa shape index (κ1) is 15.2. The van der Waals surface area contributed by atoms with Crippen LogP contribution in [-0.4, -0.2) is 29.5 Å². The standard InChI is InChI=1S/C16H21N3O2/c1-4-5-11-19(3)16-17-15(18-21-16)12(2)14(20)13-9-7-6-8-10-13/h6-10,12H,4-5,11H2,1-3H3. The van der Waals surface area contributed by atoms with Crippen molar-refractivity contribution in [2.75, 3.05) is 18.5 Å². The van der Waals surface area contributed by atoms with Crippen molar-refractivity contribution in [3.63, 3.8) is 0 Å². The van der Waals surface area contributed by atoms with Crippen molar-refractivity contribution >= 4 is 11.8 Å². The normalized spacial score (nSPS) is 12.1. The molecule has 21 heavy (non-hydrogen) atoms. The molecule has 0 saturated heterocycles. The highest BCUT2D eigenvalue weighted by Gasteiger charge is 2.23. The fourth-order valence-electron chi connectivity index (χ4n) is 2.02. The van der Waals surface area contributed by atoms with Crippen LogP contribution in [0.2, 0.25) is 0 Å². The molecular weight excluding hydrogens is 266 g/mol. The highest BCUT2D eigenvalue weighted by atomic mass is 16.5. The van der Waals surface area contributed by atoms with E-state index >= 15 is 0 Å². The summed E-state index contributed by atoms with van der Waals surface area (Å²) in [6.45, 7) is 4.79. The minimum absolute atomic E-state index is 0.000777. The average molecular weight is 287 g/mol. The van der Waals surface area contributed by atoms with Gasteiger partial charge in [0.1, 0.15) is 0 Å². The minimum Gasteiger partial charge on any atom is -0.327 e. The SMILES string of the molecule is CCCCN(C)c1nc(C(C)C(=O)c2ccccc2)no1. The number of aromatic nitrogens is 2. The zero-order valence-corrected chi connectivity index (χ0v) is 12.7. The molecule has 1 heterocycles. The molecule has 5 nitrogen and oxygen atoms in total. The lowest BCUT2D eigenvalue weighted by molar-refractivity contribution is 0.0961. The van der Waals surface area contributed by atoms with Gasteiger partial charge in [-0.3, -0.25) is 4.79 Å². The van der Waals surface area contributed by atoms with E-state index in [-0.39, 0.29) is 5.78 Å². The van der Waals surface area contributed by atoms with Crippen molar-refractivity contribution in [3.8, 4) is 0 Å². The van der Waals surface area contributed by atoms with Gasteiger partial charge in [0.25, 0.3) is 0 Å². The molecule has 0 radical (unpaired) electrons. The molecule has 1 aromatic heterocycles. The van der Waals surface area contributed by atoms with Gasteiger partial charge in [0.2, 0.25) is 0 Å². The van der Waals surface area contributed by atoms with Gasteiger partial charge in [0.05, 0.1) is 5.92 Å². The zero-order chi connectivity index (χ0) is 15.2. The van der Waals surface area contributed by atoms with E-state index in [2.05, 4.69) is 17.1 Å². The van der Waals surface area contributed by atoms with E-state index in [0.29, 0.717) is 17.4 Å². The second-order valence-electron chi connectivity index (χ2n) is 5.16. The highest BCUT2D eigenvalue weighted by Crippen LogP contribution is 2.20. The van der Waals surface area contributed by atoms with Gasteiger partial charge in [-0.25, -0.2) is 0 Å². The molecule has 1 aromatic carbocycles. The fraction of sp³-hybridized carbons (Fsp3) is 0.438. The molecule has 0 aliphatic rings. The molecule has 2 aromatic rings. The quantitative estimate of drug-likeness (QED) is 0.731. The van der Waals surface area contributed by atoms with E-state index < -0.39 is 5.92 Å². The first-order valence-electron chi connectivity index (χ1n) is 7.27. The lowest BCUT2D eigenvalue weighted by Gasteiger charge is -2.12. The second-order valence-corrected chi connectivity index (χ2v) is 5.16. The second kappa shape index (κ2) is 7.02. The van der Waals surface area contributed by atoms with Crippen molar-refractivity contribution < 1.29 is 9.32 Å². The first-order valence-corrected chi connectivity index (χ1v) is 7.27. The molecule has 112 valence electrons. The van der Waals surface area contributed by atoms with Crippen LogP contribution in [0.3, 0.4) is 0 Å². The largest absolute Gasteiger partial charge is 0.327 e. The number of benzene rings is 1. The number of hydrogen-bond acceptors (Lipinski definition) is 5. The Morgan fingerprint density at radius 1 is 1.33 bits per heavy atom. The molecule has 5 heteroatoms. The number of hydrogen-bond donors (Lipinski definition) is 0. The van der Waals surface area contributed by atoms with E-state index in [9.17, 15) is 4.79 Å². The topological polar surface area (TPSA) is 59.2 Å². The maximum absolute atomic E-state index is 12.4. The molecule has 1 atom stereocenters. The summed E-state index contributed by atoms with van der Waals surface area (Å²) < 4.78 is 5.24. The first-order chi connectivity index (χ1) is 10.1. The van der Waals surface area contributed by atoms with Gasteiger partial charge in [-0.05, 0) is 13.3 Å². The monoisotopic (exact) mass is 287 g/mol. The number of unbranched alkanes of at least 4 members (excludes halogenated alkanes) is 1. The molecule has 0 amide bonds. The summed E-state index contributed by atoms with van der Waals surface area (Å²) >= 11 is 0. The van der Waals surface area contributed by atoms with Gasteiger partial charge in [-0.15, -0.1) is 0 Å². The molecule has 0 fully saturated rings. The third-order valence-corrected chi connectivity index (χ3v) is 3.44. The van der Waals surface area contributed by atoms with Crippen molar-refractivity contribution in [2.45, 2.75) is 32.6 Å². The summed E-state index contributed by atoms with van der Waals surface area (Å²) in [6, 6.07) is 9.64. The fourth-order valence-corrected chi connectivity index (χ4v) is 2.02. The summed E-state index contributed by atoms with van der Waals surface area (Å²) in [5.74, 6) is 0.0193. The number of rotatable bonds is 7. The van der Waals surface area contributed by atoms with E-state index in [1.54, 1.807) is 19.1 Å². The predicted octanol–water partition coefficient (Wildman–Crippen LogP) is 3.29. The number of anilines is 1. The molecule has 0 N–H and O–H groups in total. The van der Waals surface area contributed by atoms with Crippen LogP contribution in [0.15, 0.2) is 34.9 Å². The van der Waals surface area contributed by atoms with Crippen molar-refractivity contribution in [3.05, 3.63) is 41.7 Å². The number of nitrogens with zero attached hydrogens (tertiary/aromatic N) is 3. The van der Waals surface area contributed by atoms with Gasteiger partial charge < -0.3 is 9.42 Å². The van der Waals surface area contributed by atoms with Gasteiger partial charge in [-0.2, -0.15) is 4.98 Å². The van der Waals surface area contributed by atoms with Crippen LogP contribution < -0.4 is 4.90 Å². The van der Waals surface area contributed by atoms with E-state index in [4.69, 9.17) is 4.52 Å². The summed E-state index contributed by atoms with van der Waals surface area (Å²) in [6.07, 6.45) is 2.17. The summed E-state index contributed by atoms with van der Waals surface area (Å²) in [7, 11) is 1.91. The molecule has 2 rings (SSSR count). The molecule has 0 aliphatic carbocycles. The van der Waals surface area contributed by atoms with Gasteiger partial charge in [0, 0.05) is 19.2 Å². The predicted molar refractivity (Wildman–Crippen MR) is 81.7 cm³/mol. The smallest absolute Gasteiger partial charge is 0.323 e. The Bertz CT molecular complexity index is 580. The Kier molecular flexibility index (Phi) is 5.09. The molecular formula is C16H21N3O2. The minimum atomic E-state index is -0.413. The van der Waals surface area contributed by atoms with E-state index in [1.165, 1.54) is 0 Å². The lowest BCUT2D eigenvalue weighted by Crippen LogP contribution is -2.19. The van der Waals surface area contributed by atoms with Crippen LogP contribution >= 0.6 is 0 Å². The zero-order valence-electron chi connectivity index (χ0n) is 12.7. The van der Waals surface area contributed by atoms with Crippen LogP contribution in [0, 0.1) is 0 Å². The van der Waals surface area contributed by atoms with E-state index in [1.807, 2.05) is 30.1 Å². The molecule has 0 bridgehead atoms. The Labute approximate surface area is 125 Å². The third-order valence-electron chi connectivity index (χ3n) is 3.44. The van der Waals surface area contributed by atoms with Crippen molar-refractivity contribution in [1.29, 1.82) is 0 Å². The summed E-state index contributed by atoms with van der Waals surface area (Å²) in [5, 5.41) is 3.94. The number of ketones is 1. The van der Waals surface area contributed by atoms with Gasteiger partial charge >= 0.3 is 6.01 Å². The lowest BCUT2D eigenvalue weighted by atomic mass is 9.99. The number of carbonyl (C=O) groups excluding carboxylic acids is 1. The highest BCUT2D eigenvalue weighted by molar-refractivity contribution is 6.00. The molecule has 0 aliphatic heterocycles. The van der Waals surface area contributed by atoms with Crippen LogP contribution in [0.25, 0.3) is 0 Å².